The number of carbonyl (C=O) groups is 2. The van der Waals surface area contributed by atoms with E-state index in [1.807, 2.05) is 13.8 Å². The Labute approximate surface area is 72.7 Å². The summed E-state index contributed by atoms with van der Waals surface area (Å²) < 4.78 is 0. The van der Waals surface area contributed by atoms with Crippen LogP contribution in [0.5, 0.6) is 0 Å². The molecule has 0 radical (unpaired) electrons. The number of hydrogen-bond donors (Lipinski definition) is 2. The van der Waals surface area contributed by atoms with Gasteiger partial charge in [0.1, 0.15) is 0 Å². The van der Waals surface area contributed by atoms with E-state index in [4.69, 9.17) is 0 Å². The van der Waals surface area contributed by atoms with E-state index in [1.165, 1.54) is 13.8 Å². The third-order valence-electron chi connectivity index (χ3n) is 1.61. The maximum Gasteiger partial charge on any atom is 0.217 e. The SMILES string of the molecule is CC(=O)N[C@H](C)[C@@H](C)NC(C)=O. The maximum absolute atomic E-state index is 10.6. The molecule has 0 aliphatic heterocycles. The Morgan fingerprint density at radius 2 is 1.17 bits per heavy atom. The molecule has 12 heavy (non-hydrogen) atoms. The lowest BCUT2D eigenvalue weighted by molar-refractivity contribution is -0.122. The van der Waals surface area contributed by atoms with Gasteiger partial charge in [-0.3, -0.25) is 9.59 Å². The van der Waals surface area contributed by atoms with Crippen molar-refractivity contribution >= 4 is 11.8 Å². The van der Waals surface area contributed by atoms with Crippen LogP contribution in [0.1, 0.15) is 27.7 Å². The van der Waals surface area contributed by atoms with Crippen LogP contribution >= 0.6 is 0 Å². The van der Waals surface area contributed by atoms with Gasteiger partial charge in [0.2, 0.25) is 11.8 Å². The number of hydrogen-bond acceptors (Lipinski definition) is 2. The second-order valence-electron chi connectivity index (χ2n) is 2.98. The largest absolute Gasteiger partial charge is 0.352 e. The zero-order chi connectivity index (χ0) is 9.72. The molecular weight excluding hydrogens is 156 g/mol. The molecule has 4 heteroatoms. The first kappa shape index (κ1) is 10.9. The van der Waals surface area contributed by atoms with Gasteiger partial charge in [-0.2, -0.15) is 0 Å². The van der Waals surface area contributed by atoms with Gasteiger partial charge in [0.05, 0.1) is 0 Å². The molecule has 0 aromatic carbocycles. The first-order chi connectivity index (χ1) is 5.43. The molecule has 0 rings (SSSR count). The molecule has 2 N–H and O–H groups in total. The van der Waals surface area contributed by atoms with Crippen LogP contribution in [0.2, 0.25) is 0 Å². The second kappa shape index (κ2) is 4.74. The Balaban J connectivity index is 3.83. The summed E-state index contributed by atoms with van der Waals surface area (Å²) in [5.41, 5.74) is 0. The Kier molecular flexibility index (Phi) is 4.33. The van der Waals surface area contributed by atoms with Gasteiger partial charge in [0.15, 0.2) is 0 Å². The van der Waals surface area contributed by atoms with E-state index in [-0.39, 0.29) is 23.9 Å². The highest BCUT2D eigenvalue weighted by atomic mass is 16.2. The Hall–Kier alpha value is -1.06. The molecule has 0 aromatic heterocycles. The summed E-state index contributed by atoms with van der Waals surface area (Å²) in [6, 6.07) is -0.0715. The molecule has 4 nitrogen and oxygen atoms in total. The fourth-order valence-corrected chi connectivity index (χ4v) is 0.891. The Bertz CT molecular complexity index is 160. The van der Waals surface area contributed by atoms with Crippen molar-refractivity contribution in [2.75, 3.05) is 0 Å². The summed E-state index contributed by atoms with van der Waals surface area (Å²) >= 11 is 0. The van der Waals surface area contributed by atoms with Gasteiger partial charge in [-0.15, -0.1) is 0 Å². The molecule has 0 heterocycles. The predicted molar refractivity (Wildman–Crippen MR) is 46.6 cm³/mol. The minimum atomic E-state index is -0.0836. The molecule has 0 aliphatic carbocycles. The van der Waals surface area contributed by atoms with Crippen LogP contribution in [0.3, 0.4) is 0 Å². The summed E-state index contributed by atoms with van der Waals surface area (Å²) in [7, 11) is 0. The minimum Gasteiger partial charge on any atom is -0.352 e. The lowest BCUT2D eigenvalue weighted by Gasteiger charge is -2.20. The van der Waals surface area contributed by atoms with Crippen LogP contribution in [0, 0.1) is 0 Å². The first-order valence-corrected chi connectivity index (χ1v) is 3.97. The lowest BCUT2D eigenvalue weighted by atomic mass is 10.1. The van der Waals surface area contributed by atoms with Gasteiger partial charge in [-0.25, -0.2) is 0 Å². The summed E-state index contributed by atoms with van der Waals surface area (Å²) in [6.45, 7) is 6.61. The fraction of sp³-hybridized carbons (Fsp3) is 0.750. The van der Waals surface area contributed by atoms with E-state index in [2.05, 4.69) is 10.6 Å². The van der Waals surface area contributed by atoms with Crippen molar-refractivity contribution in [2.24, 2.45) is 0 Å². The van der Waals surface area contributed by atoms with Crippen LogP contribution in [0.25, 0.3) is 0 Å². The summed E-state index contributed by atoms with van der Waals surface area (Å²) in [5, 5.41) is 5.39. The third kappa shape index (κ3) is 4.71. The Morgan fingerprint density at radius 1 is 0.917 bits per heavy atom. The molecule has 0 saturated carbocycles. The van der Waals surface area contributed by atoms with E-state index in [1.54, 1.807) is 0 Å². The van der Waals surface area contributed by atoms with E-state index in [0.29, 0.717) is 0 Å². The van der Waals surface area contributed by atoms with Crippen molar-refractivity contribution in [3.05, 3.63) is 0 Å². The predicted octanol–water partition coefficient (Wildman–Crippen LogP) is 0.0356. The van der Waals surface area contributed by atoms with Crippen molar-refractivity contribution in [1.29, 1.82) is 0 Å². The van der Waals surface area contributed by atoms with E-state index < -0.39 is 0 Å². The normalized spacial score (nSPS) is 14.7. The van der Waals surface area contributed by atoms with E-state index >= 15 is 0 Å². The highest BCUT2D eigenvalue weighted by molar-refractivity contribution is 5.74. The van der Waals surface area contributed by atoms with Crippen molar-refractivity contribution in [3.63, 3.8) is 0 Å². The van der Waals surface area contributed by atoms with Crippen LogP contribution in [-0.2, 0) is 9.59 Å². The molecule has 0 aliphatic rings. The molecule has 70 valence electrons. The molecule has 0 aromatic rings. The van der Waals surface area contributed by atoms with Crippen molar-refractivity contribution < 1.29 is 9.59 Å². The molecular formula is C8H16N2O2. The fourth-order valence-electron chi connectivity index (χ4n) is 0.891. The van der Waals surface area contributed by atoms with Crippen LogP contribution < -0.4 is 10.6 Å². The van der Waals surface area contributed by atoms with Gasteiger partial charge in [0.25, 0.3) is 0 Å². The highest BCUT2D eigenvalue weighted by Crippen LogP contribution is 1.90. The van der Waals surface area contributed by atoms with E-state index in [9.17, 15) is 9.59 Å². The molecule has 0 unspecified atom stereocenters. The van der Waals surface area contributed by atoms with Crippen LogP contribution in [-0.4, -0.2) is 23.9 Å². The highest BCUT2D eigenvalue weighted by Gasteiger charge is 2.12. The number of rotatable bonds is 3. The standard InChI is InChI=1S/C8H16N2O2/c1-5(9-7(3)11)6(2)10-8(4)12/h5-6H,1-4H3,(H,9,11)(H,10,12)/t5-,6-/m1/s1. The minimum absolute atomic E-state index is 0.0357. The van der Waals surface area contributed by atoms with Gasteiger partial charge in [0, 0.05) is 25.9 Å². The van der Waals surface area contributed by atoms with Gasteiger partial charge in [-0.05, 0) is 13.8 Å². The monoisotopic (exact) mass is 172 g/mol. The lowest BCUT2D eigenvalue weighted by Crippen LogP contribution is -2.47. The average Bonchev–Trinajstić information content (AvgIpc) is 1.84. The van der Waals surface area contributed by atoms with Crippen LogP contribution in [0.4, 0.5) is 0 Å². The van der Waals surface area contributed by atoms with Crippen LogP contribution in [0.15, 0.2) is 0 Å². The molecule has 2 amide bonds. The van der Waals surface area contributed by atoms with Crippen molar-refractivity contribution in [1.82, 2.24) is 10.6 Å². The van der Waals surface area contributed by atoms with Gasteiger partial charge < -0.3 is 10.6 Å². The van der Waals surface area contributed by atoms with Crippen molar-refractivity contribution in [2.45, 2.75) is 39.8 Å². The zero-order valence-electron chi connectivity index (χ0n) is 7.97. The quantitative estimate of drug-likeness (QED) is 0.631. The number of nitrogens with one attached hydrogen (secondary N) is 2. The molecule has 0 saturated heterocycles. The van der Waals surface area contributed by atoms with Crippen molar-refractivity contribution in [3.8, 4) is 0 Å². The summed E-state index contributed by atoms with van der Waals surface area (Å²) in [4.78, 5) is 21.2. The summed E-state index contributed by atoms with van der Waals surface area (Å²) in [6.07, 6.45) is 0. The zero-order valence-corrected chi connectivity index (χ0v) is 7.97. The van der Waals surface area contributed by atoms with E-state index in [0.717, 1.165) is 0 Å². The maximum atomic E-state index is 10.6. The third-order valence-corrected chi connectivity index (χ3v) is 1.61. The summed E-state index contributed by atoms with van der Waals surface area (Å²) in [5.74, 6) is -0.167. The first-order valence-electron chi connectivity index (χ1n) is 3.97. The molecule has 0 fully saturated rings. The number of carbonyl (C=O) groups excluding carboxylic acids is 2. The second-order valence-corrected chi connectivity index (χ2v) is 2.98. The molecule has 2 atom stereocenters. The molecule has 0 spiro atoms. The average molecular weight is 172 g/mol. The smallest absolute Gasteiger partial charge is 0.217 e. The molecule has 0 bridgehead atoms. The van der Waals surface area contributed by atoms with Gasteiger partial charge in [-0.1, -0.05) is 0 Å². The van der Waals surface area contributed by atoms with Gasteiger partial charge >= 0.3 is 0 Å². The Morgan fingerprint density at radius 3 is 1.33 bits per heavy atom. The number of amides is 2. The topological polar surface area (TPSA) is 58.2 Å².